The van der Waals surface area contributed by atoms with Crippen LogP contribution in [0.1, 0.15) is 58.1 Å². The number of anilines is 1. The minimum Gasteiger partial charge on any atom is -0.444 e. The molecule has 0 radical (unpaired) electrons. The quantitative estimate of drug-likeness (QED) is 0.352. The number of carbonyl (C=O) groups excluding carboxylic acids is 1. The van der Waals surface area contributed by atoms with Crippen molar-refractivity contribution in [1.82, 2.24) is 4.90 Å². The SMILES string of the molecule is CC1(CN=C(N)Nc2ccc3c(c2)CCC3)CCN(C(=O)OC(C)(C)C)CC1.I. The Bertz CT molecular complexity index is 750. The Morgan fingerprint density at radius 3 is 2.55 bits per heavy atom. The predicted octanol–water partition coefficient (Wildman–Crippen LogP) is 4.56. The smallest absolute Gasteiger partial charge is 0.410 e. The highest BCUT2D eigenvalue weighted by atomic mass is 127. The van der Waals surface area contributed by atoms with Crippen molar-refractivity contribution in [2.75, 3.05) is 25.0 Å². The third kappa shape index (κ3) is 6.76. The van der Waals surface area contributed by atoms with Gasteiger partial charge in [0.15, 0.2) is 5.96 Å². The van der Waals surface area contributed by atoms with Crippen molar-refractivity contribution in [1.29, 1.82) is 0 Å². The monoisotopic (exact) mass is 514 g/mol. The Kier molecular flexibility index (Phi) is 7.81. The Hall–Kier alpha value is -1.51. The van der Waals surface area contributed by atoms with E-state index in [0.29, 0.717) is 25.6 Å². The van der Waals surface area contributed by atoms with E-state index in [1.807, 2.05) is 20.8 Å². The zero-order chi connectivity index (χ0) is 20.4. The molecule has 29 heavy (non-hydrogen) atoms. The molecule has 0 spiro atoms. The van der Waals surface area contributed by atoms with Gasteiger partial charge in [0.25, 0.3) is 0 Å². The van der Waals surface area contributed by atoms with Gasteiger partial charge in [-0.25, -0.2) is 4.79 Å². The molecule has 1 aromatic carbocycles. The van der Waals surface area contributed by atoms with Crippen molar-refractivity contribution in [2.24, 2.45) is 16.1 Å². The van der Waals surface area contributed by atoms with Crippen molar-refractivity contribution in [3.8, 4) is 0 Å². The zero-order valence-electron chi connectivity index (χ0n) is 18.1. The summed E-state index contributed by atoms with van der Waals surface area (Å²) in [4.78, 5) is 18.6. The number of carbonyl (C=O) groups is 1. The summed E-state index contributed by atoms with van der Waals surface area (Å²) in [6.45, 7) is 9.93. The number of piperidine rings is 1. The van der Waals surface area contributed by atoms with Crippen molar-refractivity contribution in [3.63, 3.8) is 0 Å². The van der Waals surface area contributed by atoms with E-state index in [2.05, 4.69) is 35.4 Å². The summed E-state index contributed by atoms with van der Waals surface area (Å²) in [7, 11) is 0. The molecule has 1 saturated heterocycles. The van der Waals surface area contributed by atoms with Gasteiger partial charge in [0.2, 0.25) is 0 Å². The van der Waals surface area contributed by atoms with Crippen molar-refractivity contribution >= 4 is 41.7 Å². The number of nitrogens with one attached hydrogen (secondary N) is 1. The summed E-state index contributed by atoms with van der Waals surface area (Å²) < 4.78 is 5.47. The van der Waals surface area contributed by atoms with Gasteiger partial charge in [-0.3, -0.25) is 4.99 Å². The molecule has 1 fully saturated rings. The molecule has 0 aromatic heterocycles. The Balaban J connectivity index is 0.00000300. The molecule has 1 amide bonds. The van der Waals surface area contributed by atoms with E-state index in [0.717, 1.165) is 24.9 Å². The van der Waals surface area contributed by atoms with Crippen LogP contribution >= 0.6 is 24.0 Å². The van der Waals surface area contributed by atoms with E-state index < -0.39 is 5.60 Å². The molecule has 1 aliphatic heterocycles. The first-order chi connectivity index (χ1) is 13.1. The van der Waals surface area contributed by atoms with E-state index in [9.17, 15) is 4.79 Å². The number of aliphatic imine (C=N–C) groups is 1. The highest BCUT2D eigenvalue weighted by Gasteiger charge is 2.33. The number of hydrogen-bond acceptors (Lipinski definition) is 3. The van der Waals surface area contributed by atoms with Crippen molar-refractivity contribution < 1.29 is 9.53 Å². The van der Waals surface area contributed by atoms with Crippen molar-refractivity contribution in [2.45, 2.75) is 65.4 Å². The molecule has 7 heteroatoms. The van der Waals surface area contributed by atoms with Crippen LogP contribution < -0.4 is 11.1 Å². The number of amides is 1. The lowest BCUT2D eigenvalue weighted by Crippen LogP contribution is -2.45. The van der Waals surface area contributed by atoms with Crippen LogP contribution in [0.3, 0.4) is 0 Å². The second-order valence-electron chi connectivity index (χ2n) is 9.44. The first-order valence-electron chi connectivity index (χ1n) is 10.3. The topological polar surface area (TPSA) is 80.0 Å². The molecule has 1 aromatic rings. The second kappa shape index (κ2) is 9.53. The lowest BCUT2D eigenvalue weighted by molar-refractivity contribution is 0.0127. The van der Waals surface area contributed by atoms with Crippen LogP contribution in [0.2, 0.25) is 0 Å². The van der Waals surface area contributed by atoms with E-state index in [-0.39, 0.29) is 35.5 Å². The maximum absolute atomic E-state index is 12.2. The summed E-state index contributed by atoms with van der Waals surface area (Å²) in [6.07, 6.45) is 5.12. The maximum Gasteiger partial charge on any atom is 0.410 e. The Labute approximate surface area is 191 Å². The van der Waals surface area contributed by atoms with E-state index in [4.69, 9.17) is 10.5 Å². The number of guanidine groups is 1. The number of rotatable bonds is 3. The number of likely N-dealkylation sites (tertiary alicyclic amines) is 1. The third-order valence-electron chi connectivity index (χ3n) is 5.62. The molecular formula is C22H35IN4O2. The van der Waals surface area contributed by atoms with Gasteiger partial charge < -0.3 is 20.7 Å². The molecule has 162 valence electrons. The predicted molar refractivity (Wildman–Crippen MR) is 129 cm³/mol. The molecule has 3 rings (SSSR count). The number of hydrogen-bond donors (Lipinski definition) is 2. The summed E-state index contributed by atoms with van der Waals surface area (Å²) in [5.74, 6) is 0.453. The fourth-order valence-corrected chi connectivity index (χ4v) is 3.83. The molecule has 0 atom stereocenters. The number of ether oxygens (including phenoxy) is 1. The molecular weight excluding hydrogens is 479 g/mol. The van der Waals surface area contributed by atoms with E-state index in [1.165, 1.54) is 24.0 Å². The molecule has 1 aliphatic carbocycles. The number of halogens is 1. The molecule has 1 heterocycles. The van der Waals surface area contributed by atoms with Gasteiger partial charge in [-0.15, -0.1) is 24.0 Å². The molecule has 0 saturated carbocycles. The van der Waals surface area contributed by atoms with Crippen LogP contribution in [0, 0.1) is 5.41 Å². The molecule has 6 nitrogen and oxygen atoms in total. The van der Waals surface area contributed by atoms with Crippen LogP contribution in [-0.2, 0) is 17.6 Å². The van der Waals surface area contributed by atoms with Crippen LogP contribution in [-0.4, -0.2) is 42.2 Å². The summed E-state index contributed by atoms with van der Waals surface area (Å²) in [5, 5.41) is 3.22. The van der Waals surface area contributed by atoms with E-state index >= 15 is 0 Å². The number of aryl methyl sites for hydroxylation is 2. The van der Waals surface area contributed by atoms with Gasteiger partial charge in [0, 0.05) is 25.3 Å². The van der Waals surface area contributed by atoms with Gasteiger partial charge in [-0.05, 0) is 81.5 Å². The van der Waals surface area contributed by atoms with Gasteiger partial charge in [-0.2, -0.15) is 0 Å². The Morgan fingerprint density at radius 1 is 1.24 bits per heavy atom. The standard InChI is InChI=1S/C22H34N4O2.HI/c1-21(2,3)28-20(27)26-12-10-22(4,11-13-26)15-24-19(23)25-18-9-8-16-6-5-7-17(16)14-18;/h8-9,14H,5-7,10-13,15H2,1-4H3,(H3,23,24,25);1H. The van der Waals surface area contributed by atoms with Gasteiger partial charge in [0.05, 0.1) is 0 Å². The molecule has 3 N–H and O–H groups in total. The van der Waals surface area contributed by atoms with Crippen LogP contribution in [0.15, 0.2) is 23.2 Å². The molecule has 0 bridgehead atoms. The van der Waals surface area contributed by atoms with E-state index in [1.54, 1.807) is 4.90 Å². The highest BCUT2D eigenvalue weighted by molar-refractivity contribution is 14.0. The van der Waals surface area contributed by atoms with Crippen LogP contribution in [0.4, 0.5) is 10.5 Å². The Morgan fingerprint density at radius 2 is 1.90 bits per heavy atom. The molecule has 0 unspecified atom stereocenters. The van der Waals surface area contributed by atoms with Gasteiger partial charge in [0.1, 0.15) is 5.60 Å². The van der Waals surface area contributed by atoms with Gasteiger partial charge in [-0.1, -0.05) is 13.0 Å². The summed E-state index contributed by atoms with van der Waals surface area (Å²) in [5.41, 5.74) is 9.58. The van der Waals surface area contributed by atoms with Crippen molar-refractivity contribution in [3.05, 3.63) is 29.3 Å². The highest BCUT2D eigenvalue weighted by Crippen LogP contribution is 2.32. The number of benzene rings is 1. The normalized spacial score (nSPS) is 18.6. The largest absolute Gasteiger partial charge is 0.444 e. The van der Waals surface area contributed by atoms with Gasteiger partial charge >= 0.3 is 6.09 Å². The fourth-order valence-electron chi connectivity index (χ4n) is 3.83. The summed E-state index contributed by atoms with van der Waals surface area (Å²) in [6, 6.07) is 6.45. The lowest BCUT2D eigenvalue weighted by atomic mass is 9.80. The number of fused-ring (bicyclic) bond motifs is 1. The van der Waals surface area contributed by atoms with Crippen LogP contribution in [0.25, 0.3) is 0 Å². The minimum atomic E-state index is -0.459. The van der Waals surface area contributed by atoms with Crippen LogP contribution in [0.5, 0.6) is 0 Å². The third-order valence-corrected chi connectivity index (χ3v) is 5.62. The average Bonchev–Trinajstić information content (AvgIpc) is 3.07. The maximum atomic E-state index is 12.2. The first-order valence-corrected chi connectivity index (χ1v) is 10.3. The molecule has 2 aliphatic rings. The number of nitrogens with zero attached hydrogens (tertiary/aromatic N) is 2. The average molecular weight is 514 g/mol. The first kappa shape index (κ1) is 23.8. The minimum absolute atomic E-state index is 0. The summed E-state index contributed by atoms with van der Waals surface area (Å²) >= 11 is 0. The number of nitrogens with two attached hydrogens (primary N) is 1. The second-order valence-corrected chi connectivity index (χ2v) is 9.44. The lowest BCUT2D eigenvalue weighted by Gasteiger charge is -2.38. The zero-order valence-corrected chi connectivity index (χ0v) is 20.4. The fraction of sp³-hybridized carbons (Fsp3) is 0.636.